The SMILES string of the molecule is O=C(C1CCCN1)N1CCc2cc(-c3cccc(F)c3)ccc21. The molecular weight excluding hydrogens is 291 g/mol. The Morgan fingerprint density at radius 1 is 1.17 bits per heavy atom. The van der Waals surface area contributed by atoms with Crippen LogP contribution < -0.4 is 10.2 Å². The van der Waals surface area contributed by atoms with Gasteiger partial charge in [0.05, 0.1) is 6.04 Å². The Kier molecular flexibility index (Phi) is 3.62. The first-order chi connectivity index (χ1) is 11.2. The standard InChI is InChI=1S/C19H19FN2O/c20-16-4-1-3-13(12-16)14-6-7-18-15(11-14)8-10-22(18)19(23)17-5-2-9-21-17/h1,3-4,6-7,11-12,17,21H,2,5,8-10H2. The Bertz CT molecular complexity index is 753. The minimum Gasteiger partial charge on any atom is -0.310 e. The fraction of sp³-hybridized carbons (Fsp3) is 0.316. The summed E-state index contributed by atoms with van der Waals surface area (Å²) in [5.74, 6) is -0.0492. The molecule has 0 radical (unpaired) electrons. The molecule has 23 heavy (non-hydrogen) atoms. The van der Waals surface area contributed by atoms with E-state index in [2.05, 4.69) is 11.4 Å². The average Bonchev–Trinajstić information content (AvgIpc) is 3.23. The lowest BCUT2D eigenvalue weighted by Gasteiger charge is -2.21. The molecule has 0 aliphatic carbocycles. The van der Waals surface area contributed by atoms with Crippen LogP contribution in [0.3, 0.4) is 0 Å². The zero-order valence-electron chi connectivity index (χ0n) is 12.9. The van der Waals surface area contributed by atoms with Crippen LogP contribution in [0.1, 0.15) is 18.4 Å². The van der Waals surface area contributed by atoms with E-state index in [1.54, 1.807) is 12.1 Å². The number of nitrogens with one attached hydrogen (secondary N) is 1. The van der Waals surface area contributed by atoms with Crippen LogP contribution in [0.15, 0.2) is 42.5 Å². The maximum atomic E-state index is 13.4. The molecule has 4 rings (SSSR count). The van der Waals surface area contributed by atoms with E-state index in [4.69, 9.17) is 0 Å². The van der Waals surface area contributed by atoms with Crippen LogP contribution >= 0.6 is 0 Å². The normalized spacial score (nSPS) is 19.9. The van der Waals surface area contributed by atoms with E-state index >= 15 is 0 Å². The van der Waals surface area contributed by atoms with Crippen LogP contribution in [0.5, 0.6) is 0 Å². The van der Waals surface area contributed by atoms with E-state index in [1.807, 2.05) is 23.1 Å². The van der Waals surface area contributed by atoms with Gasteiger partial charge in [-0.25, -0.2) is 4.39 Å². The molecule has 2 aromatic rings. The first-order valence-electron chi connectivity index (χ1n) is 8.16. The third-order valence-corrected chi connectivity index (χ3v) is 4.76. The molecule has 0 bridgehead atoms. The topological polar surface area (TPSA) is 32.3 Å². The number of hydrogen-bond acceptors (Lipinski definition) is 2. The van der Waals surface area contributed by atoms with E-state index < -0.39 is 0 Å². The van der Waals surface area contributed by atoms with E-state index in [0.29, 0.717) is 0 Å². The lowest BCUT2D eigenvalue weighted by atomic mass is 10.0. The van der Waals surface area contributed by atoms with Gasteiger partial charge < -0.3 is 10.2 Å². The molecule has 1 amide bonds. The average molecular weight is 310 g/mol. The fourth-order valence-electron chi connectivity index (χ4n) is 3.56. The zero-order chi connectivity index (χ0) is 15.8. The molecule has 2 aliphatic rings. The first-order valence-corrected chi connectivity index (χ1v) is 8.16. The van der Waals surface area contributed by atoms with E-state index in [-0.39, 0.29) is 17.8 Å². The summed E-state index contributed by atoms with van der Waals surface area (Å²) in [6.45, 7) is 1.66. The van der Waals surface area contributed by atoms with Crippen LogP contribution in [0.25, 0.3) is 11.1 Å². The highest BCUT2D eigenvalue weighted by Crippen LogP contribution is 2.33. The molecule has 1 fully saturated rings. The highest BCUT2D eigenvalue weighted by atomic mass is 19.1. The number of nitrogens with zero attached hydrogens (tertiary/aromatic N) is 1. The second-order valence-corrected chi connectivity index (χ2v) is 6.24. The predicted molar refractivity (Wildman–Crippen MR) is 88.9 cm³/mol. The number of anilines is 1. The number of rotatable bonds is 2. The van der Waals surface area contributed by atoms with Gasteiger partial charge in [-0.15, -0.1) is 0 Å². The molecule has 4 heteroatoms. The number of carbonyl (C=O) groups excluding carboxylic acids is 1. The molecule has 2 aliphatic heterocycles. The molecule has 3 nitrogen and oxygen atoms in total. The largest absolute Gasteiger partial charge is 0.310 e. The Hall–Kier alpha value is -2.20. The number of amides is 1. The Balaban J connectivity index is 1.62. The molecule has 0 aromatic heterocycles. The molecule has 1 unspecified atom stereocenters. The monoisotopic (exact) mass is 310 g/mol. The summed E-state index contributed by atoms with van der Waals surface area (Å²) in [5, 5.41) is 3.27. The summed E-state index contributed by atoms with van der Waals surface area (Å²) in [7, 11) is 0. The summed E-state index contributed by atoms with van der Waals surface area (Å²) in [4.78, 5) is 14.5. The minimum absolute atomic E-state index is 0.0381. The van der Waals surface area contributed by atoms with Crippen molar-refractivity contribution in [2.24, 2.45) is 0 Å². The quantitative estimate of drug-likeness (QED) is 0.924. The summed E-state index contributed by atoms with van der Waals surface area (Å²) in [5.41, 5.74) is 4.04. The van der Waals surface area contributed by atoms with Crippen molar-refractivity contribution in [1.82, 2.24) is 5.32 Å². The van der Waals surface area contributed by atoms with E-state index in [0.717, 1.165) is 54.7 Å². The molecule has 1 N–H and O–H groups in total. The molecule has 118 valence electrons. The number of fused-ring (bicyclic) bond motifs is 1. The molecular formula is C19H19FN2O. The third-order valence-electron chi connectivity index (χ3n) is 4.76. The highest BCUT2D eigenvalue weighted by Gasteiger charge is 2.31. The van der Waals surface area contributed by atoms with Crippen molar-refractivity contribution in [2.45, 2.75) is 25.3 Å². The van der Waals surface area contributed by atoms with Gasteiger partial charge in [0.25, 0.3) is 0 Å². The second-order valence-electron chi connectivity index (χ2n) is 6.24. The predicted octanol–water partition coefficient (Wildman–Crippen LogP) is 3.13. The Morgan fingerprint density at radius 2 is 2.04 bits per heavy atom. The van der Waals surface area contributed by atoms with Gasteiger partial charge >= 0.3 is 0 Å². The van der Waals surface area contributed by atoms with Crippen molar-refractivity contribution in [3.8, 4) is 11.1 Å². The van der Waals surface area contributed by atoms with Crippen LogP contribution in [0, 0.1) is 5.82 Å². The van der Waals surface area contributed by atoms with E-state index in [1.165, 1.54) is 6.07 Å². The third kappa shape index (κ3) is 2.63. The van der Waals surface area contributed by atoms with Crippen molar-refractivity contribution >= 4 is 11.6 Å². The zero-order valence-corrected chi connectivity index (χ0v) is 12.9. The molecule has 1 atom stereocenters. The lowest BCUT2D eigenvalue weighted by molar-refractivity contribution is -0.120. The fourth-order valence-corrected chi connectivity index (χ4v) is 3.56. The van der Waals surface area contributed by atoms with Crippen molar-refractivity contribution < 1.29 is 9.18 Å². The molecule has 2 heterocycles. The van der Waals surface area contributed by atoms with Gasteiger partial charge in [-0.2, -0.15) is 0 Å². The van der Waals surface area contributed by atoms with Gasteiger partial charge in [0.1, 0.15) is 5.82 Å². The summed E-state index contributed by atoms with van der Waals surface area (Å²) < 4.78 is 13.4. The number of benzene rings is 2. The highest BCUT2D eigenvalue weighted by molar-refractivity contribution is 5.99. The first kappa shape index (κ1) is 14.4. The van der Waals surface area contributed by atoms with Crippen molar-refractivity contribution in [1.29, 1.82) is 0 Å². The van der Waals surface area contributed by atoms with Gasteiger partial charge in [0.15, 0.2) is 0 Å². The Labute approximate surface area is 135 Å². The molecule has 2 aromatic carbocycles. The number of carbonyl (C=O) groups is 1. The van der Waals surface area contributed by atoms with Gasteiger partial charge in [0, 0.05) is 12.2 Å². The molecule has 1 saturated heterocycles. The van der Waals surface area contributed by atoms with Crippen molar-refractivity contribution in [2.75, 3.05) is 18.0 Å². The van der Waals surface area contributed by atoms with Crippen LogP contribution in [0.4, 0.5) is 10.1 Å². The maximum Gasteiger partial charge on any atom is 0.244 e. The van der Waals surface area contributed by atoms with E-state index in [9.17, 15) is 9.18 Å². The van der Waals surface area contributed by atoms with Crippen molar-refractivity contribution in [3.05, 3.63) is 53.8 Å². The maximum absolute atomic E-state index is 13.4. The Morgan fingerprint density at radius 3 is 2.83 bits per heavy atom. The molecule has 0 spiro atoms. The summed E-state index contributed by atoms with van der Waals surface area (Å²) in [6, 6.07) is 12.6. The molecule has 0 saturated carbocycles. The summed E-state index contributed by atoms with van der Waals surface area (Å²) in [6.07, 6.45) is 2.85. The number of halogens is 1. The van der Waals surface area contributed by atoms with Crippen LogP contribution in [0.2, 0.25) is 0 Å². The van der Waals surface area contributed by atoms with Gasteiger partial charge in [0.2, 0.25) is 5.91 Å². The lowest BCUT2D eigenvalue weighted by Crippen LogP contribution is -2.42. The number of hydrogen-bond donors (Lipinski definition) is 1. The van der Waals surface area contributed by atoms with Crippen molar-refractivity contribution in [3.63, 3.8) is 0 Å². The van der Waals surface area contributed by atoms with Gasteiger partial charge in [-0.3, -0.25) is 4.79 Å². The second kappa shape index (κ2) is 5.78. The van der Waals surface area contributed by atoms with Crippen LogP contribution in [-0.4, -0.2) is 25.0 Å². The van der Waals surface area contributed by atoms with Gasteiger partial charge in [-0.1, -0.05) is 18.2 Å². The van der Waals surface area contributed by atoms with Crippen LogP contribution in [-0.2, 0) is 11.2 Å². The minimum atomic E-state index is -0.230. The summed E-state index contributed by atoms with van der Waals surface area (Å²) >= 11 is 0. The van der Waals surface area contributed by atoms with Gasteiger partial charge in [-0.05, 0) is 66.8 Å². The smallest absolute Gasteiger partial charge is 0.244 e.